The first-order valence-corrected chi connectivity index (χ1v) is 6.23. The van der Waals surface area contributed by atoms with E-state index in [0.29, 0.717) is 6.04 Å². The third-order valence-corrected chi connectivity index (χ3v) is 3.62. The number of carbonyl (C=O) groups excluding carboxylic acids is 1. The fourth-order valence-electron chi connectivity index (χ4n) is 2.50. The van der Waals surface area contributed by atoms with Gasteiger partial charge in [0, 0.05) is 19.3 Å². The molecule has 0 radical (unpaired) electrons. The number of likely N-dealkylation sites (N-methyl/N-ethyl adjacent to an activating group) is 1. The molecule has 1 heterocycles. The fraction of sp³-hybridized carbons (Fsp3) is 0.538. The minimum absolute atomic E-state index is 0.0272. The summed E-state index contributed by atoms with van der Waals surface area (Å²) in [6.07, 6.45) is 6.08. The van der Waals surface area contributed by atoms with Gasteiger partial charge in [-0.05, 0) is 25.0 Å². The zero-order chi connectivity index (χ0) is 13.1. The van der Waals surface area contributed by atoms with Crippen LogP contribution in [0, 0.1) is 0 Å². The Hall–Kier alpha value is -1.78. The number of hydrogen-bond donors (Lipinski definition) is 1. The Morgan fingerprint density at radius 2 is 2.11 bits per heavy atom. The monoisotopic (exact) mass is 250 g/mol. The summed E-state index contributed by atoms with van der Waals surface area (Å²) in [4.78, 5) is 24.8. The van der Waals surface area contributed by atoms with Gasteiger partial charge in [-0.25, -0.2) is 4.79 Å². The van der Waals surface area contributed by atoms with Crippen molar-refractivity contribution in [1.29, 1.82) is 0 Å². The second-order valence-corrected chi connectivity index (χ2v) is 4.77. The molecular formula is C13H18N2O3. The first kappa shape index (κ1) is 12.7. The van der Waals surface area contributed by atoms with E-state index in [1.165, 1.54) is 23.5 Å². The largest absolute Gasteiger partial charge is 0.477 e. The lowest BCUT2D eigenvalue weighted by Gasteiger charge is -2.24. The van der Waals surface area contributed by atoms with Crippen LogP contribution in [-0.4, -0.2) is 39.5 Å². The van der Waals surface area contributed by atoms with Gasteiger partial charge in [-0.2, -0.15) is 0 Å². The predicted octanol–water partition coefficient (Wildman–Crippen LogP) is 1.59. The van der Waals surface area contributed by atoms with E-state index >= 15 is 0 Å². The van der Waals surface area contributed by atoms with E-state index in [4.69, 9.17) is 5.11 Å². The zero-order valence-corrected chi connectivity index (χ0v) is 10.5. The van der Waals surface area contributed by atoms with Crippen LogP contribution >= 0.6 is 0 Å². The normalized spacial score (nSPS) is 15.8. The Bertz CT molecular complexity index is 447. The third kappa shape index (κ3) is 2.55. The molecule has 1 N–H and O–H groups in total. The van der Waals surface area contributed by atoms with Crippen LogP contribution in [0.1, 0.15) is 36.2 Å². The van der Waals surface area contributed by atoms with Crippen LogP contribution in [0.2, 0.25) is 0 Å². The van der Waals surface area contributed by atoms with Crippen molar-refractivity contribution in [2.75, 3.05) is 7.05 Å². The van der Waals surface area contributed by atoms with Gasteiger partial charge < -0.3 is 14.6 Å². The number of carboxylic acids is 1. The highest BCUT2D eigenvalue weighted by molar-refractivity contribution is 5.86. The van der Waals surface area contributed by atoms with Crippen molar-refractivity contribution in [1.82, 2.24) is 9.47 Å². The van der Waals surface area contributed by atoms with E-state index in [9.17, 15) is 9.59 Å². The van der Waals surface area contributed by atoms with Gasteiger partial charge in [-0.3, -0.25) is 4.79 Å². The third-order valence-electron chi connectivity index (χ3n) is 3.62. The molecule has 2 rings (SSSR count). The summed E-state index contributed by atoms with van der Waals surface area (Å²) >= 11 is 0. The molecule has 1 aliphatic carbocycles. The number of hydrogen-bond acceptors (Lipinski definition) is 2. The molecule has 1 fully saturated rings. The van der Waals surface area contributed by atoms with Gasteiger partial charge >= 0.3 is 5.97 Å². The Labute approximate surface area is 106 Å². The molecule has 0 aliphatic heterocycles. The molecule has 0 unspecified atom stereocenters. The van der Waals surface area contributed by atoms with Crippen molar-refractivity contribution in [3.05, 3.63) is 24.0 Å². The SMILES string of the molecule is CN(C(=O)Cn1cccc1C(=O)O)C1CCCC1. The van der Waals surface area contributed by atoms with E-state index in [2.05, 4.69) is 0 Å². The number of aromatic carboxylic acids is 1. The number of aromatic nitrogens is 1. The Balaban J connectivity index is 2.02. The number of carbonyl (C=O) groups is 2. The molecule has 1 aliphatic rings. The van der Waals surface area contributed by atoms with Crippen LogP contribution in [0.15, 0.2) is 18.3 Å². The van der Waals surface area contributed by atoms with Crippen molar-refractivity contribution in [3.8, 4) is 0 Å². The fourth-order valence-corrected chi connectivity index (χ4v) is 2.50. The van der Waals surface area contributed by atoms with Crippen LogP contribution in [0.25, 0.3) is 0 Å². The summed E-state index contributed by atoms with van der Waals surface area (Å²) in [7, 11) is 1.81. The highest BCUT2D eigenvalue weighted by Gasteiger charge is 2.24. The molecule has 1 amide bonds. The molecule has 0 saturated heterocycles. The van der Waals surface area contributed by atoms with E-state index in [1.54, 1.807) is 17.2 Å². The van der Waals surface area contributed by atoms with Crippen LogP contribution < -0.4 is 0 Å². The summed E-state index contributed by atoms with van der Waals surface area (Å²) in [5, 5.41) is 8.97. The van der Waals surface area contributed by atoms with E-state index in [1.807, 2.05) is 7.05 Å². The first-order chi connectivity index (χ1) is 8.59. The van der Waals surface area contributed by atoms with E-state index in [-0.39, 0.29) is 18.1 Å². The molecular weight excluding hydrogens is 232 g/mol. The molecule has 18 heavy (non-hydrogen) atoms. The maximum atomic E-state index is 12.1. The van der Waals surface area contributed by atoms with Crippen molar-refractivity contribution in [2.24, 2.45) is 0 Å². The second kappa shape index (κ2) is 5.25. The molecule has 1 saturated carbocycles. The summed E-state index contributed by atoms with van der Waals surface area (Å²) in [5.41, 5.74) is 0.156. The highest BCUT2D eigenvalue weighted by Crippen LogP contribution is 2.22. The molecule has 0 bridgehead atoms. The summed E-state index contributed by atoms with van der Waals surface area (Å²) < 4.78 is 1.48. The molecule has 5 nitrogen and oxygen atoms in total. The van der Waals surface area contributed by atoms with Gasteiger partial charge in [-0.1, -0.05) is 12.8 Å². The van der Waals surface area contributed by atoms with Gasteiger partial charge in [0.25, 0.3) is 0 Å². The lowest BCUT2D eigenvalue weighted by molar-refractivity contribution is -0.132. The number of nitrogens with zero attached hydrogens (tertiary/aromatic N) is 2. The first-order valence-electron chi connectivity index (χ1n) is 6.23. The average Bonchev–Trinajstić information content (AvgIpc) is 2.98. The molecule has 98 valence electrons. The van der Waals surface area contributed by atoms with Gasteiger partial charge in [0.1, 0.15) is 12.2 Å². The second-order valence-electron chi connectivity index (χ2n) is 4.77. The summed E-state index contributed by atoms with van der Waals surface area (Å²) in [6.45, 7) is 0.0988. The van der Waals surface area contributed by atoms with Crippen LogP contribution in [-0.2, 0) is 11.3 Å². The smallest absolute Gasteiger partial charge is 0.352 e. The lowest BCUT2D eigenvalue weighted by Crippen LogP contribution is -2.37. The van der Waals surface area contributed by atoms with Crippen molar-refractivity contribution >= 4 is 11.9 Å². The number of amides is 1. The summed E-state index contributed by atoms with van der Waals surface area (Å²) in [5.74, 6) is -1.03. The Morgan fingerprint density at radius 3 is 2.72 bits per heavy atom. The maximum absolute atomic E-state index is 12.1. The van der Waals surface area contributed by atoms with Crippen LogP contribution in [0.5, 0.6) is 0 Å². The summed E-state index contributed by atoms with van der Waals surface area (Å²) in [6, 6.07) is 3.47. The van der Waals surface area contributed by atoms with Crippen LogP contribution in [0.4, 0.5) is 0 Å². The molecule has 0 atom stereocenters. The minimum Gasteiger partial charge on any atom is -0.477 e. The quantitative estimate of drug-likeness (QED) is 0.882. The van der Waals surface area contributed by atoms with E-state index in [0.717, 1.165) is 12.8 Å². The van der Waals surface area contributed by atoms with Gasteiger partial charge in [0.05, 0.1) is 0 Å². The van der Waals surface area contributed by atoms with Gasteiger partial charge in [0.2, 0.25) is 5.91 Å². The highest BCUT2D eigenvalue weighted by atomic mass is 16.4. The maximum Gasteiger partial charge on any atom is 0.352 e. The molecule has 0 spiro atoms. The average molecular weight is 250 g/mol. The molecule has 1 aromatic heterocycles. The van der Waals surface area contributed by atoms with Gasteiger partial charge in [0.15, 0.2) is 0 Å². The zero-order valence-electron chi connectivity index (χ0n) is 10.5. The predicted molar refractivity (Wildman–Crippen MR) is 66.4 cm³/mol. The number of rotatable bonds is 4. The van der Waals surface area contributed by atoms with Crippen LogP contribution in [0.3, 0.4) is 0 Å². The van der Waals surface area contributed by atoms with E-state index < -0.39 is 5.97 Å². The topological polar surface area (TPSA) is 62.5 Å². The van der Waals surface area contributed by atoms with Gasteiger partial charge in [-0.15, -0.1) is 0 Å². The standard InChI is InChI=1S/C13H18N2O3/c1-14(10-5-2-3-6-10)12(16)9-15-8-4-7-11(15)13(17)18/h4,7-8,10H,2-3,5-6,9H2,1H3,(H,17,18). The minimum atomic E-state index is -1.00. The molecule has 5 heteroatoms. The number of carboxylic acid groups (broad SMARTS) is 1. The lowest BCUT2D eigenvalue weighted by atomic mass is 10.2. The molecule has 0 aromatic carbocycles. The molecule has 1 aromatic rings. The Morgan fingerprint density at radius 1 is 1.44 bits per heavy atom. The van der Waals surface area contributed by atoms with Crippen molar-refractivity contribution in [3.63, 3.8) is 0 Å². The van der Waals surface area contributed by atoms with Crippen molar-refractivity contribution in [2.45, 2.75) is 38.3 Å². The Kier molecular flexibility index (Phi) is 3.69. The van der Waals surface area contributed by atoms with Crippen molar-refractivity contribution < 1.29 is 14.7 Å².